The number of nitrogens with one attached hydrogen (secondary N) is 1. The summed E-state index contributed by atoms with van der Waals surface area (Å²) in [6.07, 6.45) is 1.81. The lowest BCUT2D eigenvalue weighted by molar-refractivity contribution is -0.392. The number of nitro groups is 2. The van der Waals surface area contributed by atoms with Crippen molar-refractivity contribution in [2.75, 3.05) is 29.3 Å². The molecule has 3 fully saturated rings. The zero-order valence-electron chi connectivity index (χ0n) is 30.5. The number of para-hydroxylation sites is 1. The molecule has 6 atom stereocenters. The van der Waals surface area contributed by atoms with Gasteiger partial charge in [-0.25, -0.2) is 4.90 Å². The molecule has 4 aromatic carbocycles. The highest BCUT2D eigenvalue weighted by molar-refractivity contribution is 6.23. The van der Waals surface area contributed by atoms with E-state index in [0.29, 0.717) is 22.4 Å². The number of aryl methyl sites for hydroxylation is 1. The molecule has 0 aromatic heterocycles. The second-order valence-electron chi connectivity index (χ2n) is 14.9. The molecular weight excluding hydrogens is 720 g/mol. The van der Waals surface area contributed by atoms with Gasteiger partial charge in [0.1, 0.15) is 5.75 Å². The quantitative estimate of drug-likeness (QED) is 0.0958. The maximum absolute atomic E-state index is 15.2. The predicted molar refractivity (Wildman–Crippen MR) is 203 cm³/mol. The average Bonchev–Trinajstić information content (AvgIpc) is 3.56. The fourth-order valence-electron chi connectivity index (χ4n) is 9.53. The number of hydrogen-bond donors (Lipinski definition) is 2. The van der Waals surface area contributed by atoms with Crippen molar-refractivity contribution in [1.29, 1.82) is 0 Å². The van der Waals surface area contributed by atoms with Gasteiger partial charge in [-0.05, 0) is 49.4 Å². The highest BCUT2D eigenvalue weighted by Crippen LogP contribution is 2.65. The van der Waals surface area contributed by atoms with Gasteiger partial charge in [0, 0.05) is 37.7 Å². The number of fused-ring (bicyclic) bond motifs is 4. The summed E-state index contributed by atoms with van der Waals surface area (Å²) in [6, 6.07) is 24.6. The Balaban J connectivity index is 1.30. The standard InChI is InChI=1S/C41H36N6O9/c1-22-13-15-24(16-14-22)42-45-38(50)30-21-29-26(35(27-11-7-8-12-33(27)48)41(30,40(45)52)23-9-5-4-6-10-23)17-18-28-34(29)39(51)44(37(28)49)25-19-31(46(53)54)36(43(2)3)32(20-25)47(55)56/h4-17,19-20,28-30,34-35,42,48H,18,21H2,1-3H3/t28-,29+,30-,34-,35+,41+/m0/s1. The number of amides is 4. The van der Waals surface area contributed by atoms with Gasteiger partial charge in [-0.3, -0.25) is 44.8 Å². The Morgan fingerprint density at radius 1 is 0.821 bits per heavy atom. The number of hydrazine groups is 1. The van der Waals surface area contributed by atoms with Gasteiger partial charge in [0.05, 0.1) is 44.4 Å². The summed E-state index contributed by atoms with van der Waals surface area (Å²) >= 11 is 0. The first kappa shape index (κ1) is 36.1. The summed E-state index contributed by atoms with van der Waals surface area (Å²) in [5.41, 5.74) is 2.44. The molecular formula is C41H36N6O9. The molecule has 0 radical (unpaired) electrons. The SMILES string of the molecule is Cc1ccc(NN2C(=O)[C@@H]3C[C@@H]4C(=CC[C@@H]5C(=O)N(c6cc([N+](=O)[O-])c(N(C)C)c([N+](=O)[O-])c6)C(=O)[C@@H]54)[C@H](c4ccccc4O)[C@]3(c3ccccc3)C2=O)cc1. The molecule has 15 heteroatoms. The molecule has 0 bridgehead atoms. The van der Waals surface area contributed by atoms with Crippen LogP contribution in [0.15, 0.2) is 103 Å². The van der Waals surface area contributed by atoms with Crippen LogP contribution in [0.4, 0.5) is 28.4 Å². The maximum atomic E-state index is 15.2. The van der Waals surface area contributed by atoms with E-state index in [0.717, 1.165) is 27.6 Å². The van der Waals surface area contributed by atoms with Gasteiger partial charge in [0.25, 0.3) is 11.8 Å². The number of phenolic OH excluding ortho intramolecular Hbond substituents is 1. The first-order chi connectivity index (χ1) is 26.8. The number of allylic oxidation sites excluding steroid dienone is 2. The highest BCUT2D eigenvalue weighted by atomic mass is 16.6. The van der Waals surface area contributed by atoms with Crippen LogP contribution in [0.25, 0.3) is 0 Å². The van der Waals surface area contributed by atoms with Crippen molar-refractivity contribution in [2.24, 2.45) is 23.7 Å². The van der Waals surface area contributed by atoms with Crippen molar-refractivity contribution in [1.82, 2.24) is 5.01 Å². The molecule has 56 heavy (non-hydrogen) atoms. The fourth-order valence-corrected chi connectivity index (χ4v) is 9.53. The molecule has 8 rings (SSSR count). The molecule has 1 saturated carbocycles. The molecule has 0 unspecified atom stereocenters. The van der Waals surface area contributed by atoms with Gasteiger partial charge in [0.2, 0.25) is 11.8 Å². The Morgan fingerprint density at radius 2 is 1.45 bits per heavy atom. The predicted octanol–water partition coefficient (Wildman–Crippen LogP) is 5.77. The number of carbonyl (C=O) groups is 4. The van der Waals surface area contributed by atoms with Crippen LogP contribution in [0, 0.1) is 50.8 Å². The minimum atomic E-state index is -1.60. The number of phenols is 1. The van der Waals surface area contributed by atoms with Gasteiger partial charge in [0.15, 0.2) is 5.69 Å². The van der Waals surface area contributed by atoms with Crippen molar-refractivity contribution in [3.05, 3.63) is 140 Å². The van der Waals surface area contributed by atoms with Crippen LogP contribution in [0.2, 0.25) is 0 Å². The van der Waals surface area contributed by atoms with E-state index in [1.165, 1.54) is 25.1 Å². The normalized spacial score (nSPS) is 25.3. The van der Waals surface area contributed by atoms with Gasteiger partial charge in [-0.1, -0.05) is 77.9 Å². The van der Waals surface area contributed by atoms with Gasteiger partial charge in [-0.2, -0.15) is 5.01 Å². The average molecular weight is 757 g/mol. The number of benzene rings is 4. The summed E-state index contributed by atoms with van der Waals surface area (Å²) in [6.45, 7) is 1.91. The molecule has 4 aromatic rings. The zero-order valence-corrected chi connectivity index (χ0v) is 30.5. The number of nitrogens with zero attached hydrogens (tertiary/aromatic N) is 5. The highest BCUT2D eigenvalue weighted by Gasteiger charge is 2.70. The third kappa shape index (κ3) is 5.17. The number of imide groups is 2. The molecule has 15 nitrogen and oxygen atoms in total. The van der Waals surface area contributed by atoms with E-state index < -0.39 is 79.9 Å². The Bertz CT molecular complexity index is 2360. The Kier molecular flexibility index (Phi) is 8.47. The van der Waals surface area contributed by atoms with Crippen LogP contribution in [-0.4, -0.2) is 57.7 Å². The molecule has 0 spiro atoms. The van der Waals surface area contributed by atoms with Crippen molar-refractivity contribution in [3.63, 3.8) is 0 Å². The lowest BCUT2D eigenvalue weighted by Crippen LogP contribution is -2.53. The van der Waals surface area contributed by atoms with Gasteiger partial charge < -0.3 is 10.0 Å². The van der Waals surface area contributed by atoms with Crippen LogP contribution < -0.4 is 15.2 Å². The smallest absolute Gasteiger partial charge is 0.301 e. The van der Waals surface area contributed by atoms with Gasteiger partial charge >= 0.3 is 11.4 Å². The third-order valence-electron chi connectivity index (χ3n) is 11.8. The summed E-state index contributed by atoms with van der Waals surface area (Å²) < 4.78 is 0. The largest absolute Gasteiger partial charge is 0.508 e. The second kappa shape index (κ2) is 13.1. The van der Waals surface area contributed by atoms with Crippen molar-refractivity contribution < 1.29 is 34.1 Å². The third-order valence-corrected chi connectivity index (χ3v) is 11.8. The topological polar surface area (TPSA) is 197 Å². The Labute approximate surface area is 320 Å². The Hall–Kier alpha value is -6.90. The molecule has 2 aliphatic carbocycles. The lowest BCUT2D eigenvalue weighted by atomic mass is 9.49. The van der Waals surface area contributed by atoms with E-state index in [1.54, 1.807) is 60.7 Å². The van der Waals surface area contributed by atoms with E-state index in [2.05, 4.69) is 5.43 Å². The molecule has 2 N–H and O–H groups in total. The van der Waals surface area contributed by atoms with E-state index in [-0.39, 0.29) is 30.0 Å². The second-order valence-corrected chi connectivity index (χ2v) is 14.9. The fraction of sp³-hybridized carbons (Fsp3) is 0.268. The summed E-state index contributed by atoms with van der Waals surface area (Å²) in [4.78, 5) is 83.9. The molecule has 4 amide bonds. The van der Waals surface area contributed by atoms with Crippen LogP contribution in [-0.2, 0) is 24.6 Å². The van der Waals surface area contributed by atoms with Crippen LogP contribution in [0.5, 0.6) is 5.75 Å². The summed E-state index contributed by atoms with van der Waals surface area (Å²) in [7, 11) is 2.82. The minimum absolute atomic E-state index is 0.0324. The number of nitro benzene ring substituents is 2. The first-order valence-electron chi connectivity index (χ1n) is 18.0. The number of aromatic hydroxyl groups is 1. The lowest BCUT2D eigenvalue weighted by Gasteiger charge is -2.50. The minimum Gasteiger partial charge on any atom is -0.508 e. The van der Waals surface area contributed by atoms with Crippen molar-refractivity contribution in [2.45, 2.75) is 31.1 Å². The molecule has 2 aliphatic heterocycles. The molecule has 4 aliphatic rings. The van der Waals surface area contributed by atoms with Crippen LogP contribution >= 0.6 is 0 Å². The number of hydrogen-bond acceptors (Lipinski definition) is 11. The van der Waals surface area contributed by atoms with Crippen molar-refractivity contribution in [3.8, 4) is 5.75 Å². The Morgan fingerprint density at radius 3 is 2.05 bits per heavy atom. The van der Waals surface area contributed by atoms with Crippen LogP contribution in [0.3, 0.4) is 0 Å². The van der Waals surface area contributed by atoms with E-state index in [1.807, 2.05) is 25.1 Å². The summed E-state index contributed by atoms with van der Waals surface area (Å²) in [5, 5.41) is 36.9. The molecule has 284 valence electrons. The van der Waals surface area contributed by atoms with E-state index >= 15 is 4.79 Å². The zero-order chi connectivity index (χ0) is 39.8. The van der Waals surface area contributed by atoms with Crippen molar-refractivity contribution >= 4 is 52.1 Å². The first-order valence-corrected chi connectivity index (χ1v) is 18.0. The molecule has 2 heterocycles. The number of anilines is 3. The van der Waals surface area contributed by atoms with Gasteiger partial charge in [-0.15, -0.1) is 0 Å². The van der Waals surface area contributed by atoms with Crippen LogP contribution in [0.1, 0.15) is 35.4 Å². The number of carbonyl (C=O) groups excluding carboxylic acids is 4. The maximum Gasteiger partial charge on any atom is 0.301 e. The van der Waals surface area contributed by atoms with E-state index in [9.17, 15) is 39.7 Å². The monoisotopic (exact) mass is 756 g/mol. The summed E-state index contributed by atoms with van der Waals surface area (Å²) in [5.74, 6) is -7.57. The molecule has 2 saturated heterocycles. The van der Waals surface area contributed by atoms with E-state index in [4.69, 9.17) is 0 Å². The number of rotatable bonds is 8.